The molecule has 0 saturated carbocycles. The lowest BCUT2D eigenvalue weighted by Crippen LogP contribution is -2.53. The second kappa shape index (κ2) is 11.6. The Morgan fingerprint density at radius 2 is 1.83 bits per heavy atom. The number of piperazine rings is 1. The van der Waals surface area contributed by atoms with Crippen LogP contribution in [-0.4, -0.2) is 71.5 Å². The molecule has 0 radical (unpaired) electrons. The summed E-state index contributed by atoms with van der Waals surface area (Å²) in [6.45, 7) is 6.37. The van der Waals surface area contributed by atoms with Gasteiger partial charge in [0.05, 0.1) is 13.2 Å². The van der Waals surface area contributed by atoms with Crippen LogP contribution in [0.25, 0.3) is 0 Å². The standard InChI is InChI=1S/C20H28N6O2.HI/c1-3-28-20(27)25-13-11-24(12-14-25)19(21-2)22-15-17-7-4-5-8-18(17)16-26-10-6-9-23-26;/h4-10H,3,11-16H2,1-2H3,(H,21,22);1H. The van der Waals surface area contributed by atoms with Crippen molar-refractivity contribution in [1.82, 2.24) is 24.9 Å². The quantitative estimate of drug-likeness (QED) is 0.379. The molecule has 1 aliphatic heterocycles. The molecule has 1 amide bonds. The number of halogens is 1. The average Bonchev–Trinajstić information content (AvgIpc) is 3.23. The second-order valence-electron chi connectivity index (χ2n) is 6.55. The number of ether oxygens (including phenoxy) is 1. The Labute approximate surface area is 188 Å². The molecular weight excluding hydrogens is 483 g/mol. The molecule has 3 rings (SSSR count). The van der Waals surface area contributed by atoms with Gasteiger partial charge >= 0.3 is 6.09 Å². The second-order valence-corrected chi connectivity index (χ2v) is 6.55. The fourth-order valence-corrected chi connectivity index (χ4v) is 3.27. The van der Waals surface area contributed by atoms with Crippen molar-refractivity contribution in [1.29, 1.82) is 0 Å². The van der Waals surface area contributed by atoms with Gasteiger partial charge in [0.15, 0.2) is 5.96 Å². The minimum absolute atomic E-state index is 0. The van der Waals surface area contributed by atoms with E-state index in [9.17, 15) is 4.79 Å². The lowest BCUT2D eigenvalue weighted by atomic mass is 10.1. The molecule has 2 heterocycles. The first-order valence-electron chi connectivity index (χ1n) is 9.62. The third-order valence-corrected chi connectivity index (χ3v) is 4.76. The number of nitrogens with one attached hydrogen (secondary N) is 1. The molecule has 1 aromatic heterocycles. The van der Waals surface area contributed by atoms with E-state index in [0.717, 1.165) is 25.6 Å². The third-order valence-electron chi connectivity index (χ3n) is 4.76. The number of benzene rings is 1. The van der Waals surface area contributed by atoms with Crippen LogP contribution in [0.4, 0.5) is 4.79 Å². The fraction of sp³-hybridized carbons (Fsp3) is 0.450. The van der Waals surface area contributed by atoms with Crippen LogP contribution in [0.15, 0.2) is 47.7 Å². The zero-order valence-corrected chi connectivity index (χ0v) is 19.3. The monoisotopic (exact) mass is 512 g/mol. The topological polar surface area (TPSA) is 75.0 Å². The normalized spacial score (nSPS) is 14.3. The van der Waals surface area contributed by atoms with E-state index < -0.39 is 0 Å². The van der Waals surface area contributed by atoms with Gasteiger partial charge in [-0.15, -0.1) is 24.0 Å². The van der Waals surface area contributed by atoms with E-state index in [1.54, 1.807) is 18.1 Å². The first-order chi connectivity index (χ1) is 13.7. The minimum Gasteiger partial charge on any atom is -0.450 e. The van der Waals surface area contributed by atoms with Gasteiger partial charge in [-0.3, -0.25) is 9.67 Å². The summed E-state index contributed by atoms with van der Waals surface area (Å²) < 4.78 is 7.00. The van der Waals surface area contributed by atoms with Gasteiger partial charge in [0.1, 0.15) is 0 Å². The molecule has 1 aromatic carbocycles. The Bertz CT molecular complexity index is 788. The Morgan fingerprint density at radius 3 is 2.45 bits per heavy atom. The molecule has 1 N–H and O–H groups in total. The summed E-state index contributed by atoms with van der Waals surface area (Å²) in [5.74, 6) is 0.845. The molecule has 1 saturated heterocycles. The SMILES string of the molecule is CCOC(=O)N1CCN(C(=NC)NCc2ccccc2Cn2cccn2)CC1.I. The number of rotatable bonds is 5. The van der Waals surface area contributed by atoms with Gasteiger partial charge in [0, 0.05) is 52.2 Å². The summed E-state index contributed by atoms with van der Waals surface area (Å²) >= 11 is 0. The maximum atomic E-state index is 11.9. The number of carbonyl (C=O) groups excluding carboxylic acids is 1. The van der Waals surface area contributed by atoms with Crippen molar-refractivity contribution >= 4 is 36.0 Å². The summed E-state index contributed by atoms with van der Waals surface area (Å²) in [6.07, 6.45) is 3.52. The summed E-state index contributed by atoms with van der Waals surface area (Å²) in [6, 6.07) is 10.3. The first-order valence-corrected chi connectivity index (χ1v) is 9.62. The van der Waals surface area contributed by atoms with E-state index in [0.29, 0.717) is 26.2 Å². The van der Waals surface area contributed by atoms with Crippen LogP contribution in [0.1, 0.15) is 18.1 Å². The zero-order valence-electron chi connectivity index (χ0n) is 17.0. The van der Waals surface area contributed by atoms with E-state index >= 15 is 0 Å². The molecule has 0 atom stereocenters. The Morgan fingerprint density at radius 1 is 1.14 bits per heavy atom. The number of aliphatic imine (C=N–C) groups is 1. The van der Waals surface area contributed by atoms with Gasteiger partial charge in [0.25, 0.3) is 0 Å². The number of aromatic nitrogens is 2. The lowest BCUT2D eigenvalue weighted by molar-refractivity contribution is 0.0914. The molecule has 0 unspecified atom stereocenters. The van der Waals surface area contributed by atoms with Crippen LogP contribution in [0.2, 0.25) is 0 Å². The van der Waals surface area contributed by atoms with E-state index in [1.807, 2.05) is 36.0 Å². The molecule has 2 aromatic rings. The molecule has 0 aliphatic carbocycles. The van der Waals surface area contributed by atoms with Gasteiger partial charge < -0.3 is 19.9 Å². The van der Waals surface area contributed by atoms with Crippen molar-refractivity contribution in [2.45, 2.75) is 20.0 Å². The van der Waals surface area contributed by atoms with Crippen molar-refractivity contribution < 1.29 is 9.53 Å². The Hall–Kier alpha value is -2.30. The highest BCUT2D eigenvalue weighted by atomic mass is 127. The lowest BCUT2D eigenvalue weighted by Gasteiger charge is -2.35. The van der Waals surface area contributed by atoms with Crippen LogP contribution in [-0.2, 0) is 17.8 Å². The van der Waals surface area contributed by atoms with Crippen LogP contribution in [0.5, 0.6) is 0 Å². The number of hydrogen-bond donors (Lipinski definition) is 1. The maximum Gasteiger partial charge on any atom is 0.409 e. The third kappa shape index (κ3) is 6.34. The van der Waals surface area contributed by atoms with Crippen molar-refractivity contribution in [3.63, 3.8) is 0 Å². The fourth-order valence-electron chi connectivity index (χ4n) is 3.27. The molecule has 0 spiro atoms. The number of hydrogen-bond acceptors (Lipinski definition) is 4. The number of nitrogens with zero attached hydrogens (tertiary/aromatic N) is 5. The predicted octanol–water partition coefficient (Wildman–Crippen LogP) is 2.40. The van der Waals surface area contributed by atoms with Gasteiger partial charge in [0.2, 0.25) is 0 Å². The Balaban J connectivity index is 0.00000300. The summed E-state index contributed by atoms with van der Waals surface area (Å²) in [4.78, 5) is 20.2. The van der Waals surface area contributed by atoms with Crippen LogP contribution in [0.3, 0.4) is 0 Å². The summed E-state index contributed by atoms with van der Waals surface area (Å²) in [5, 5.41) is 7.75. The number of amides is 1. The largest absolute Gasteiger partial charge is 0.450 e. The Kier molecular flexibility index (Phi) is 9.23. The van der Waals surface area contributed by atoms with Crippen molar-refractivity contribution in [3.05, 3.63) is 53.9 Å². The van der Waals surface area contributed by atoms with E-state index in [2.05, 4.69) is 32.4 Å². The summed E-state index contributed by atoms with van der Waals surface area (Å²) in [7, 11) is 1.79. The molecule has 1 aliphatic rings. The van der Waals surface area contributed by atoms with E-state index in [1.165, 1.54) is 11.1 Å². The molecule has 158 valence electrons. The molecule has 29 heavy (non-hydrogen) atoms. The molecule has 0 bridgehead atoms. The highest BCUT2D eigenvalue weighted by molar-refractivity contribution is 14.0. The highest BCUT2D eigenvalue weighted by Crippen LogP contribution is 2.11. The van der Waals surface area contributed by atoms with Gasteiger partial charge in [-0.05, 0) is 24.1 Å². The zero-order chi connectivity index (χ0) is 19.8. The molecule has 9 heteroatoms. The predicted molar refractivity (Wildman–Crippen MR) is 124 cm³/mol. The summed E-state index contributed by atoms with van der Waals surface area (Å²) in [5.41, 5.74) is 2.44. The average molecular weight is 512 g/mol. The van der Waals surface area contributed by atoms with Crippen molar-refractivity contribution in [2.24, 2.45) is 4.99 Å². The van der Waals surface area contributed by atoms with Crippen LogP contribution < -0.4 is 5.32 Å². The van der Waals surface area contributed by atoms with Gasteiger partial charge in [-0.25, -0.2) is 4.79 Å². The number of guanidine groups is 1. The smallest absolute Gasteiger partial charge is 0.409 e. The minimum atomic E-state index is -0.238. The van der Waals surface area contributed by atoms with E-state index in [-0.39, 0.29) is 30.1 Å². The van der Waals surface area contributed by atoms with Crippen LogP contribution >= 0.6 is 24.0 Å². The van der Waals surface area contributed by atoms with Gasteiger partial charge in [-0.2, -0.15) is 5.10 Å². The highest BCUT2D eigenvalue weighted by Gasteiger charge is 2.23. The number of carbonyl (C=O) groups is 1. The maximum absolute atomic E-state index is 11.9. The molecular formula is C20H29IN6O2. The molecule has 1 fully saturated rings. The van der Waals surface area contributed by atoms with E-state index in [4.69, 9.17) is 4.74 Å². The van der Waals surface area contributed by atoms with Crippen LogP contribution in [0, 0.1) is 0 Å². The van der Waals surface area contributed by atoms with Crippen molar-refractivity contribution in [3.8, 4) is 0 Å². The molecule has 8 nitrogen and oxygen atoms in total. The van der Waals surface area contributed by atoms with Gasteiger partial charge in [-0.1, -0.05) is 24.3 Å². The van der Waals surface area contributed by atoms with Crippen molar-refractivity contribution in [2.75, 3.05) is 39.8 Å². The first kappa shape index (κ1) is 23.0.